The van der Waals surface area contributed by atoms with Gasteiger partial charge in [-0.15, -0.1) is 0 Å². The van der Waals surface area contributed by atoms with Gasteiger partial charge in [-0.3, -0.25) is 4.79 Å². The second-order valence-electron chi connectivity index (χ2n) is 6.17. The molecule has 2 aromatic carbocycles. The van der Waals surface area contributed by atoms with Gasteiger partial charge in [-0.1, -0.05) is 13.8 Å². The molecule has 0 bridgehead atoms. The number of carbonyl (C=O) groups is 1. The average molecular weight is 286 g/mol. The largest absolute Gasteiger partial charge is 0.508 e. The lowest BCUT2D eigenvalue weighted by Gasteiger charge is -2.23. The van der Waals surface area contributed by atoms with Crippen molar-refractivity contribution < 1.29 is 19.7 Å². The second kappa shape index (κ2) is 4.21. The van der Waals surface area contributed by atoms with Crippen molar-refractivity contribution in [2.24, 2.45) is 0 Å². The third kappa shape index (κ3) is 1.69. The number of fused-ring (bicyclic) bond motifs is 3. The highest BCUT2D eigenvalue weighted by atomic mass is 16.5. The first kappa shape index (κ1) is 13.9. The van der Waals surface area contributed by atoms with Crippen LogP contribution in [-0.2, 0) is 5.41 Å². The zero-order valence-electron chi connectivity index (χ0n) is 12.5. The lowest BCUT2D eigenvalue weighted by atomic mass is 9.83. The summed E-state index contributed by atoms with van der Waals surface area (Å²) in [5.41, 5.74) is 1.28. The molecule has 21 heavy (non-hydrogen) atoms. The molecular weight excluding hydrogens is 268 g/mol. The number of benzene rings is 2. The minimum absolute atomic E-state index is 0.130. The van der Waals surface area contributed by atoms with Gasteiger partial charge in [0.2, 0.25) is 0 Å². The highest BCUT2D eigenvalue weighted by Crippen LogP contribution is 2.46. The summed E-state index contributed by atoms with van der Waals surface area (Å²) in [5.74, 6) is 0.470. The Labute approximate surface area is 123 Å². The van der Waals surface area contributed by atoms with Gasteiger partial charge in [0.05, 0.1) is 7.11 Å². The Morgan fingerprint density at radius 2 is 1.86 bits per heavy atom. The lowest BCUT2D eigenvalue weighted by Crippen LogP contribution is -2.32. The van der Waals surface area contributed by atoms with Gasteiger partial charge in [0, 0.05) is 21.8 Å². The van der Waals surface area contributed by atoms with Crippen LogP contribution in [0.25, 0.3) is 10.8 Å². The summed E-state index contributed by atoms with van der Waals surface area (Å²) in [6.45, 7) is 5.46. The van der Waals surface area contributed by atoms with Crippen molar-refractivity contribution in [1.29, 1.82) is 0 Å². The number of methoxy groups -OCH3 is 1. The minimum atomic E-state index is -1.08. The summed E-state index contributed by atoms with van der Waals surface area (Å²) in [7, 11) is 1.57. The third-order valence-corrected chi connectivity index (χ3v) is 4.51. The Morgan fingerprint density at radius 3 is 2.48 bits per heavy atom. The molecule has 1 aliphatic rings. The number of rotatable bonds is 1. The molecule has 3 rings (SSSR count). The van der Waals surface area contributed by atoms with Crippen LogP contribution in [0.2, 0.25) is 0 Å². The standard InChI is InChI=1S/C17H18O4/c1-8-5-9-10(6-12(8)18)14-11(7-13(9)21-4)17(2,3)16(20)15(14)19/h5-7,16,18,20H,1-4H3/t16-/m0/s1. The number of carbonyl (C=O) groups excluding carboxylic acids is 1. The molecule has 0 saturated heterocycles. The molecule has 0 amide bonds. The third-order valence-electron chi connectivity index (χ3n) is 4.51. The minimum Gasteiger partial charge on any atom is -0.508 e. The van der Waals surface area contributed by atoms with Crippen LogP contribution in [-0.4, -0.2) is 29.2 Å². The predicted octanol–water partition coefficient (Wildman–Crippen LogP) is 2.70. The van der Waals surface area contributed by atoms with E-state index < -0.39 is 11.5 Å². The number of hydrogen-bond acceptors (Lipinski definition) is 4. The maximum absolute atomic E-state index is 12.4. The molecule has 2 N–H and O–H groups in total. The fraction of sp³-hybridized carbons (Fsp3) is 0.353. The zero-order valence-corrected chi connectivity index (χ0v) is 12.5. The van der Waals surface area contributed by atoms with Crippen molar-refractivity contribution in [2.75, 3.05) is 7.11 Å². The van der Waals surface area contributed by atoms with E-state index in [1.54, 1.807) is 26.2 Å². The Kier molecular flexibility index (Phi) is 2.79. The lowest BCUT2D eigenvalue weighted by molar-refractivity contribution is 0.0644. The highest BCUT2D eigenvalue weighted by molar-refractivity contribution is 6.16. The molecule has 2 aromatic rings. The number of aliphatic hydroxyl groups is 1. The number of aliphatic hydroxyl groups excluding tert-OH is 1. The average Bonchev–Trinajstić information content (AvgIpc) is 2.61. The topological polar surface area (TPSA) is 66.8 Å². The van der Waals surface area contributed by atoms with Crippen molar-refractivity contribution in [3.8, 4) is 11.5 Å². The van der Waals surface area contributed by atoms with Gasteiger partial charge in [0.25, 0.3) is 0 Å². The van der Waals surface area contributed by atoms with Crippen molar-refractivity contribution >= 4 is 16.6 Å². The molecule has 0 radical (unpaired) electrons. The van der Waals surface area contributed by atoms with E-state index in [-0.39, 0.29) is 11.5 Å². The summed E-state index contributed by atoms with van der Waals surface area (Å²) in [6.07, 6.45) is -1.08. The molecule has 0 saturated carbocycles. The Bertz CT molecular complexity index is 774. The fourth-order valence-corrected chi connectivity index (χ4v) is 3.09. The van der Waals surface area contributed by atoms with Gasteiger partial charge >= 0.3 is 0 Å². The quantitative estimate of drug-likeness (QED) is 0.846. The van der Waals surface area contributed by atoms with Crippen LogP contribution in [0.3, 0.4) is 0 Å². The number of hydrogen-bond donors (Lipinski definition) is 2. The molecule has 0 heterocycles. The number of ketones is 1. The maximum Gasteiger partial charge on any atom is 0.193 e. The van der Waals surface area contributed by atoms with Gasteiger partial charge < -0.3 is 14.9 Å². The normalized spacial score (nSPS) is 19.9. The SMILES string of the molecule is COc1cc2c(c3cc(O)c(C)cc13)C(=O)[C@H](O)C2(C)C. The molecule has 0 unspecified atom stereocenters. The summed E-state index contributed by atoms with van der Waals surface area (Å²) >= 11 is 0. The Hall–Kier alpha value is -2.07. The molecule has 110 valence electrons. The van der Waals surface area contributed by atoms with E-state index in [0.29, 0.717) is 22.3 Å². The van der Waals surface area contributed by atoms with Crippen LogP contribution >= 0.6 is 0 Å². The maximum atomic E-state index is 12.4. The number of phenols is 1. The van der Waals surface area contributed by atoms with E-state index in [9.17, 15) is 15.0 Å². The Balaban J connectivity index is 2.50. The van der Waals surface area contributed by atoms with Crippen LogP contribution in [0.4, 0.5) is 0 Å². The molecule has 1 aliphatic carbocycles. The van der Waals surface area contributed by atoms with Gasteiger partial charge in [-0.25, -0.2) is 0 Å². The van der Waals surface area contributed by atoms with Crippen LogP contribution < -0.4 is 4.74 Å². The summed E-state index contributed by atoms with van der Waals surface area (Å²) in [4.78, 5) is 12.4. The smallest absolute Gasteiger partial charge is 0.193 e. The summed E-state index contributed by atoms with van der Waals surface area (Å²) in [5, 5.41) is 21.6. The van der Waals surface area contributed by atoms with E-state index in [4.69, 9.17) is 4.74 Å². The van der Waals surface area contributed by atoms with Gasteiger partial charge in [-0.2, -0.15) is 0 Å². The molecule has 1 atom stereocenters. The highest BCUT2D eigenvalue weighted by Gasteiger charge is 2.46. The Morgan fingerprint density at radius 1 is 1.19 bits per heavy atom. The number of phenolic OH excluding ortho intramolecular Hbond substituents is 1. The van der Waals surface area contributed by atoms with Crippen LogP contribution in [0.15, 0.2) is 18.2 Å². The van der Waals surface area contributed by atoms with Crippen molar-refractivity contribution in [3.05, 3.63) is 34.9 Å². The van der Waals surface area contributed by atoms with E-state index in [1.165, 1.54) is 0 Å². The van der Waals surface area contributed by atoms with E-state index in [1.807, 2.05) is 19.9 Å². The zero-order chi connectivity index (χ0) is 15.5. The summed E-state index contributed by atoms with van der Waals surface area (Å²) in [6, 6.07) is 5.20. The predicted molar refractivity (Wildman–Crippen MR) is 80.3 cm³/mol. The van der Waals surface area contributed by atoms with Gasteiger partial charge in [-0.05, 0) is 36.2 Å². The molecule has 4 nitrogen and oxygen atoms in total. The first-order chi connectivity index (χ1) is 9.78. The molecule has 0 fully saturated rings. The molecule has 0 spiro atoms. The summed E-state index contributed by atoms with van der Waals surface area (Å²) < 4.78 is 5.44. The van der Waals surface area contributed by atoms with Crippen molar-refractivity contribution in [1.82, 2.24) is 0 Å². The van der Waals surface area contributed by atoms with Gasteiger partial charge in [0.15, 0.2) is 5.78 Å². The monoisotopic (exact) mass is 286 g/mol. The number of Topliss-reactive ketones (excluding diaryl/α,β-unsaturated/α-hetero) is 1. The van der Waals surface area contributed by atoms with E-state index in [0.717, 1.165) is 10.9 Å². The fourth-order valence-electron chi connectivity index (χ4n) is 3.09. The first-order valence-electron chi connectivity index (χ1n) is 6.86. The van der Waals surface area contributed by atoms with Crippen LogP contribution in [0.1, 0.15) is 35.3 Å². The van der Waals surface area contributed by atoms with Crippen molar-refractivity contribution in [2.45, 2.75) is 32.3 Å². The van der Waals surface area contributed by atoms with Crippen LogP contribution in [0.5, 0.6) is 11.5 Å². The van der Waals surface area contributed by atoms with Gasteiger partial charge in [0.1, 0.15) is 17.6 Å². The van der Waals surface area contributed by atoms with Crippen LogP contribution in [0, 0.1) is 6.92 Å². The number of ether oxygens (including phenoxy) is 1. The van der Waals surface area contributed by atoms with E-state index in [2.05, 4.69) is 0 Å². The number of aryl methyl sites for hydroxylation is 1. The molecule has 0 aromatic heterocycles. The molecule has 4 heteroatoms. The first-order valence-corrected chi connectivity index (χ1v) is 6.86. The van der Waals surface area contributed by atoms with E-state index >= 15 is 0 Å². The number of aromatic hydroxyl groups is 1. The second-order valence-corrected chi connectivity index (χ2v) is 6.17. The molecular formula is C17H18O4. The molecule has 0 aliphatic heterocycles. The van der Waals surface area contributed by atoms with Crippen molar-refractivity contribution in [3.63, 3.8) is 0 Å².